The highest BCUT2D eigenvalue weighted by molar-refractivity contribution is 5.67. The van der Waals surface area contributed by atoms with Crippen LogP contribution >= 0.6 is 0 Å². The minimum Gasteiger partial charge on any atom is -0.445 e. The van der Waals surface area contributed by atoms with Crippen LogP contribution in [0.3, 0.4) is 0 Å². The molecule has 0 aromatic heterocycles. The second-order valence-electron chi connectivity index (χ2n) is 7.78. The number of hydrogen-bond donors (Lipinski definition) is 2. The molecule has 0 saturated carbocycles. The van der Waals surface area contributed by atoms with Gasteiger partial charge in [-0.25, -0.2) is 4.79 Å². The molecule has 0 spiro atoms. The Morgan fingerprint density at radius 2 is 1.77 bits per heavy atom. The summed E-state index contributed by atoms with van der Waals surface area (Å²) in [6, 6.07) is 19.5. The first-order valence-electron chi connectivity index (χ1n) is 11.2. The van der Waals surface area contributed by atoms with Gasteiger partial charge in [0.25, 0.3) is 0 Å². The maximum atomic E-state index is 12.6. The van der Waals surface area contributed by atoms with Gasteiger partial charge in [0.05, 0.1) is 12.1 Å². The summed E-state index contributed by atoms with van der Waals surface area (Å²) in [6.45, 7) is 4.44. The topological polar surface area (TPSA) is 68.8 Å². The Labute approximate surface area is 185 Å². The van der Waals surface area contributed by atoms with Gasteiger partial charge in [0, 0.05) is 13.2 Å². The third kappa shape index (κ3) is 8.32. The molecule has 0 bridgehead atoms. The minimum absolute atomic E-state index is 0.231. The first-order valence-corrected chi connectivity index (χ1v) is 11.2. The molecule has 1 saturated heterocycles. The van der Waals surface area contributed by atoms with Gasteiger partial charge in [-0.2, -0.15) is 0 Å². The zero-order chi connectivity index (χ0) is 21.7. The van der Waals surface area contributed by atoms with Crippen LogP contribution in [0.15, 0.2) is 60.7 Å². The number of nitrogens with one attached hydrogen (secondary N) is 2. The van der Waals surface area contributed by atoms with E-state index in [0.717, 1.165) is 36.9 Å². The van der Waals surface area contributed by atoms with Gasteiger partial charge in [-0.15, -0.1) is 0 Å². The van der Waals surface area contributed by atoms with E-state index < -0.39 is 6.09 Å². The predicted molar refractivity (Wildman–Crippen MR) is 121 cm³/mol. The van der Waals surface area contributed by atoms with Crippen LogP contribution in [0.1, 0.15) is 37.3 Å². The Balaban J connectivity index is 1.67. The van der Waals surface area contributed by atoms with Crippen molar-refractivity contribution >= 4 is 6.09 Å². The normalized spacial score (nSPS) is 18.2. The molecule has 3 rings (SSSR count). The number of ether oxygens (including phenoxy) is 3. The fourth-order valence-corrected chi connectivity index (χ4v) is 3.64. The number of hydrogen-bond acceptors (Lipinski definition) is 5. The number of carbonyl (C=O) groups is 1. The lowest BCUT2D eigenvalue weighted by Gasteiger charge is -2.33. The maximum absolute atomic E-state index is 12.6. The van der Waals surface area contributed by atoms with Crippen molar-refractivity contribution < 1.29 is 19.0 Å². The summed E-state index contributed by atoms with van der Waals surface area (Å²) in [6.07, 6.45) is 2.75. The summed E-state index contributed by atoms with van der Waals surface area (Å²) in [5.74, 6) is 0. The number of likely N-dealkylation sites (N-methyl/N-ethyl adjacent to an activating group) is 1. The van der Waals surface area contributed by atoms with Crippen LogP contribution in [0.4, 0.5) is 4.79 Å². The van der Waals surface area contributed by atoms with Gasteiger partial charge >= 0.3 is 6.09 Å². The highest BCUT2D eigenvalue weighted by atomic mass is 16.7. The fraction of sp³-hybridized carbons (Fsp3) is 0.480. The largest absolute Gasteiger partial charge is 0.445 e. The lowest BCUT2D eigenvalue weighted by molar-refractivity contribution is -0.192. The third-order valence-electron chi connectivity index (χ3n) is 5.32. The van der Waals surface area contributed by atoms with Crippen molar-refractivity contribution in [3.05, 3.63) is 71.8 Å². The number of benzene rings is 2. The molecule has 168 valence electrons. The molecule has 6 heteroatoms. The van der Waals surface area contributed by atoms with E-state index in [1.807, 2.05) is 48.5 Å². The van der Waals surface area contributed by atoms with Gasteiger partial charge in [-0.3, -0.25) is 0 Å². The van der Waals surface area contributed by atoms with Crippen molar-refractivity contribution in [3.63, 3.8) is 0 Å². The molecular weight excluding hydrogens is 392 g/mol. The van der Waals surface area contributed by atoms with Crippen LogP contribution in [0, 0.1) is 0 Å². The molecule has 1 aliphatic rings. The van der Waals surface area contributed by atoms with E-state index in [1.54, 1.807) is 0 Å². The van der Waals surface area contributed by atoms with Gasteiger partial charge < -0.3 is 24.8 Å². The van der Waals surface area contributed by atoms with Crippen LogP contribution in [-0.4, -0.2) is 44.2 Å². The lowest BCUT2D eigenvalue weighted by Crippen LogP contribution is -2.51. The number of rotatable bonds is 11. The van der Waals surface area contributed by atoms with Gasteiger partial charge in [0.1, 0.15) is 6.61 Å². The third-order valence-corrected chi connectivity index (χ3v) is 5.32. The Morgan fingerprint density at radius 3 is 2.42 bits per heavy atom. The van der Waals surface area contributed by atoms with Crippen molar-refractivity contribution in [1.29, 1.82) is 0 Å². The van der Waals surface area contributed by atoms with E-state index in [1.165, 1.54) is 0 Å². The fourth-order valence-electron chi connectivity index (χ4n) is 3.64. The van der Waals surface area contributed by atoms with Crippen LogP contribution < -0.4 is 10.6 Å². The van der Waals surface area contributed by atoms with Crippen LogP contribution in [-0.2, 0) is 27.2 Å². The summed E-state index contributed by atoms with van der Waals surface area (Å²) in [7, 11) is 0. The SMILES string of the molecule is CCNC[C@@H](OC1CCCCO1)C(Cc1ccccc1)NC(=O)OCc1ccccc1. The zero-order valence-electron chi connectivity index (χ0n) is 18.3. The molecular formula is C25H34N2O4. The van der Waals surface area contributed by atoms with Crippen molar-refractivity contribution in [2.75, 3.05) is 19.7 Å². The summed E-state index contributed by atoms with van der Waals surface area (Å²) in [4.78, 5) is 12.6. The summed E-state index contributed by atoms with van der Waals surface area (Å²) >= 11 is 0. The van der Waals surface area contributed by atoms with E-state index in [0.29, 0.717) is 19.6 Å². The molecule has 1 fully saturated rings. The zero-order valence-corrected chi connectivity index (χ0v) is 18.3. The molecule has 0 aliphatic carbocycles. The van der Waals surface area contributed by atoms with E-state index in [4.69, 9.17) is 14.2 Å². The monoisotopic (exact) mass is 426 g/mol. The van der Waals surface area contributed by atoms with Crippen molar-refractivity contribution in [2.24, 2.45) is 0 Å². The molecule has 0 radical (unpaired) electrons. The smallest absolute Gasteiger partial charge is 0.407 e. The summed E-state index contributed by atoms with van der Waals surface area (Å²) < 4.78 is 17.6. The van der Waals surface area contributed by atoms with Crippen LogP contribution in [0.2, 0.25) is 0 Å². The van der Waals surface area contributed by atoms with E-state index >= 15 is 0 Å². The molecule has 1 aliphatic heterocycles. The minimum atomic E-state index is -0.445. The standard InChI is InChI=1S/C25H34N2O4/c1-2-26-18-23(31-24-15-9-10-16-29-24)22(17-20-11-5-3-6-12-20)27-25(28)30-19-21-13-7-4-8-14-21/h3-8,11-14,22-24,26H,2,9-10,15-19H2,1H3,(H,27,28)/t22?,23-,24?/m1/s1. The molecule has 1 heterocycles. The van der Waals surface area contributed by atoms with Crippen LogP contribution in [0.5, 0.6) is 0 Å². The van der Waals surface area contributed by atoms with E-state index in [9.17, 15) is 4.79 Å². The average molecular weight is 427 g/mol. The van der Waals surface area contributed by atoms with Gasteiger partial charge in [0.2, 0.25) is 0 Å². The quantitative estimate of drug-likeness (QED) is 0.567. The highest BCUT2D eigenvalue weighted by Crippen LogP contribution is 2.18. The predicted octanol–water partition coefficient (Wildman–Crippen LogP) is 4.05. The average Bonchev–Trinajstić information content (AvgIpc) is 2.82. The molecule has 2 unspecified atom stereocenters. The number of carbonyl (C=O) groups excluding carboxylic acids is 1. The highest BCUT2D eigenvalue weighted by Gasteiger charge is 2.29. The molecule has 2 aromatic rings. The molecule has 2 aromatic carbocycles. The Kier molecular flexibility index (Phi) is 9.83. The number of amides is 1. The number of alkyl carbamates (subject to hydrolysis) is 1. The first kappa shape index (κ1) is 23.3. The first-order chi connectivity index (χ1) is 15.2. The summed E-state index contributed by atoms with van der Waals surface area (Å²) in [5.41, 5.74) is 2.08. The Morgan fingerprint density at radius 1 is 1.06 bits per heavy atom. The second kappa shape index (κ2) is 13.1. The van der Waals surface area contributed by atoms with E-state index in [-0.39, 0.29) is 25.0 Å². The van der Waals surface area contributed by atoms with Crippen molar-refractivity contribution in [1.82, 2.24) is 10.6 Å². The van der Waals surface area contributed by atoms with Gasteiger partial charge in [-0.1, -0.05) is 67.6 Å². The Bertz CT molecular complexity index is 751. The second-order valence-corrected chi connectivity index (χ2v) is 7.78. The lowest BCUT2D eigenvalue weighted by atomic mass is 10.0. The molecule has 31 heavy (non-hydrogen) atoms. The van der Waals surface area contributed by atoms with E-state index in [2.05, 4.69) is 29.7 Å². The van der Waals surface area contributed by atoms with Gasteiger partial charge in [-0.05, 0) is 43.4 Å². The summed E-state index contributed by atoms with van der Waals surface area (Å²) in [5, 5.41) is 6.42. The molecule has 6 nitrogen and oxygen atoms in total. The molecule has 2 N–H and O–H groups in total. The maximum Gasteiger partial charge on any atom is 0.407 e. The molecule has 1 amide bonds. The Hall–Kier alpha value is -2.41. The molecule has 3 atom stereocenters. The van der Waals surface area contributed by atoms with Crippen LogP contribution in [0.25, 0.3) is 0 Å². The van der Waals surface area contributed by atoms with Crippen molar-refractivity contribution in [3.8, 4) is 0 Å². The van der Waals surface area contributed by atoms with Gasteiger partial charge in [0.15, 0.2) is 6.29 Å². The van der Waals surface area contributed by atoms with Crippen molar-refractivity contribution in [2.45, 2.75) is 57.6 Å².